The number of carbonyl (C=O) groups excluding carboxylic acids is 1. The third-order valence-electron chi connectivity index (χ3n) is 5.42. The van der Waals surface area contributed by atoms with Gasteiger partial charge in [-0.1, -0.05) is 35.9 Å². The lowest BCUT2D eigenvalue weighted by molar-refractivity contribution is -0.129. The molecule has 0 spiro atoms. The van der Waals surface area contributed by atoms with Crippen LogP contribution in [0.3, 0.4) is 0 Å². The maximum Gasteiger partial charge on any atom is 0.364 e. The molecule has 7 heteroatoms. The number of halogens is 1. The molecule has 3 aromatic rings. The molecule has 0 N–H and O–H groups in total. The summed E-state index contributed by atoms with van der Waals surface area (Å²) in [7, 11) is 0. The Bertz CT molecular complexity index is 1410. The van der Waals surface area contributed by atoms with Crippen molar-refractivity contribution in [3.8, 4) is 17.2 Å². The van der Waals surface area contributed by atoms with Crippen molar-refractivity contribution in [1.29, 1.82) is 0 Å². The maximum absolute atomic E-state index is 12.9. The molecule has 6 rings (SSSR count). The Morgan fingerprint density at radius 1 is 0.788 bits per heavy atom. The zero-order valence-corrected chi connectivity index (χ0v) is 18.0. The Morgan fingerprint density at radius 3 is 2.52 bits per heavy atom. The first-order chi connectivity index (χ1) is 16.2. The van der Waals surface area contributed by atoms with Crippen LogP contribution in [0.1, 0.15) is 16.7 Å². The minimum atomic E-state index is -0.533. The SMILES string of the molecule is O=C1OC(c2cccc(Cl)c2)=N/C1=C1/C=C(c2ccc3c(c2)OCCO3)Oc2ccccc21. The van der Waals surface area contributed by atoms with Gasteiger partial charge >= 0.3 is 5.97 Å². The number of para-hydroxylation sites is 1. The Hall–Kier alpha value is -4.03. The summed E-state index contributed by atoms with van der Waals surface area (Å²) in [6.07, 6.45) is 1.80. The van der Waals surface area contributed by atoms with Crippen LogP contribution in [-0.4, -0.2) is 25.1 Å². The van der Waals surface area contributed by atoms with Gasteiger partial charge in [0, 0.05) is 27.3 Å². The summed E-state index contributed by atoms with van der Waals surface area (Å²) in [5.41, 5.74) is 2.99. The molecular weight excluding hydrogens is 442 g/mol. The van der Waals surface area contributed by atoms with Crippen LogP contribution in [-0.2, 0) is 9.53 Å². The van der Waals surface area contributed by atoms with Gasteiger partial charge in [0.05, 0.1) is 0 Å². The molecule has 0 atom stereocenters. The molecule has 0 saturated carbocycles. The van der Waals surface area contributed by atoms with E-state index in [0.717, 1.165) is 11.1 Å². The number of ether oxygens (including phenoxy) is 4. The monoisotopic (exact) mass is 457 g/mol. The van der Waals surface area contributed by atoms with Gasteiger partial charge < -0.3 is 18.9 Å². The minimum absolute atomic E-state index is 0.204. The van der Waals surface area contributed by atoms with Crippen molar-refractivity contribution in [2.75, 3.05) is 13.2 Å². The van der Waals surface area contributed by atoms with E-state index in [1.54, 1.807) is 30.3 Å². The van der Waals surface area contributed by atoms with E-state index in [0.29, 0.717) is 52.4 Å². The number of aliphatic imine (C=N–C) groups is 1. The molecule has 0 bridgehead atoms. The molecule has 3 heterocycles. The Labute approximate surface area is 194 Å². The van der Waals surface area contributed by atoms with E-state index in [2.05, 4.69) is 4.99 Å². The number of cyclic esters (lactones) is 1. The fourth-order valence-corrected chi connectivity index (χ4v) is 4.08. The molecule has 0 saturated heterocycles. The van der Waals surface area contributed by atoms with E-state index in [-0.39, 0.29) is 11.6 Å². The largest absolute Gasteiger partial charge is 0.486 e. The van der Waals surface area contributed by atoms with Crippen molar-refractivity contribution in [1.82, 2.24) is 0 Å². The van der Waals surface area contributed by atoms with E-state index >= 15 is 0 Å². The maximum atomic E-state index is 12.9. The van der Waals surface area contributed by atoms with Crippen molar-refractivity contribution >= 4 is 34.8 Å². The first-order valence-corrected chi connectivity index (χ1v) is 10.7. The number of fused-ring (bicyclic) bond motifs is 2. The molecule has 33 heavy (non-hydrogen) atoms. The average molecular weight is 458 g/mol. The summed E-state index contributed by atoms with van der Waals surface area (Å²) in [6.45, 7) is 1.01. The lowest BCUT2D eigenvalue weighted by Crippen LogP contribution is -2.15. The fraction of sp³-hybridized carbons (Fsp3) is 0.0769. The van der Waals surface area contributed by atoms with Crippen LogP contribution in [0.25, 0.3) is 11.3 Å². The molecule has 0 radical (unpaired) electrons. The van der Waals surface area contributed by atoms with Gasteiger partial charge in [-0.3, -0.25) is 0 Å². The summed E-state index contributed by atoms with van der Waals surface area (Å²) in [4.78, 5) is 17.4. The molecule has 3 aliphatic rings. The van der Waals surface area contributed by atoms with Gasteiger partial charge in [0.1, 0.15) is 24.7 Å². The summed E-state index contributed by atoms with van der Waals surface area (Å²) in [6, 6.07) is 20.1. The highest BCUT2D eigenvalue weighted by molar-refractivity contribution is 6.31. The van der Waals surface area contributed by atoms with Gasteiger partial charge in [0.15, 0.2) is 17.2 Å². The molecule has 3 aromatic carbocycles. The van der Waals surface area contributed by atoms with E-state index in [1.165, 1.54) is 0 Å². The molecule has 0 aliphatic carbocycles. The van der Waals surface area contributed by atoms with Crippen molar-refractivity contribution in [2.45, 2.75) is 0 Å². The highest BCUT2D eigenvalue weighted by Gasteiger charge is 2.31. The second kappa shape index (κ2) is 7.83. The van der Waals surface area contributed by atoms with Crippen LogP contribution in [0, 0.1) is 0 Å². The van der Waals surface area contributed by atoms with E-state index in [4.69, 9.17) is 30.5 Å². The Kier molecular flexibility index (Phi) is 4.66. The molecular formula is C26H16ClNO5. The average Bonchev–Trinajstić information content (AvgIpc) is 3.24. The molecule has 0 fully saturated rings. The minimum Gasteiger partial charge on any atom is -0.486 e. The van der Waals surface area contributed by atoms with E-state index in [9.17, 15) is 4.79 Å². The third kappa shape index (κ3) is 3.54. The topological polar surface area (TPSA) is 66.4 Å². The smallest absolute Gasteiger partial charge is 0.364 e. The predicted octanol–water partition coefficient (Wildman–Crippen LogP) is 5.26. The number of esters is 1. The standard InChI is InChI=1S/C26H16ClNO5/c27-17-5-3-4-16(12-17)25-28-24(26(29)33-25)19-14-22(32-20-7-2-1-6-18(19)20)15-8-9-21-23(13-15)31-11-10-30-21/h1-9,12-14H,10-11H2/b24-19-. The highest BCUT2D eigenvalue weighted by atomic mass is 35.5. The van der Waals surface area contributed by atoms with Crippen LogP contribution >= 0.6 is 11.6 Å². The van der Waals surface area contributed by atoms with Crippen LogP contribution in [0.4, 0.5) is 0 Å². The normalized spacial score (nSPS) is 18.6. The molecule has 0 aromatic heterocycles. The van der Waals surface area contributed by atoms with E-state index < -0.39 is 5.97 Å². The summed E-state index contributed by atoms with van der Waals surface area (Å²) < 4.78 is 23.0. The van der Waals surface area contributed by atoms with Crippen LogP contribution < -0.4 is 14.2 Å². The second-order valence-corrected chi connectivity index (χ2v) is 7.98. The van der Waals surface area contributed by atoms with Crippen molar-refractivity contribution in [2.24, 2.45) is 4.99 Å². The van der Waals surface area contributed by atoms with Gasteiger partial charge in [-0.05, 0) is 48.5 Å². The van der Waals surface area contributed by atoms with Crippen molar-refractivity contribution in [3.05, 3.63) is 100 Å². The molecule has 3 aliphatic heterocycles. The third-order valence-corrected chi connectivity index (χ3v) is 5.66. The first kappa shape index (κ1) is 19.6. The lowest BCUT2D eigenvalue weighted by Gasteiger charge is -2.23. The number of nitrogens with zero attached hydrogens (tertiary/aromatic N) is 1. The number of benzene rings is 3. The predicted molar refractivity (Wildman–Crippen MR) is 123 cm³/mol. The number of allylic oxidation sites excluding steroid dienone is 2. The highest BCUT2D eigenvalue weighted by Crippen LogP contribution is 2.41. The van der Waals surface area contributed by atoms with Crippen molar-refractivity contribution in [3.63, 3.8) is 0 Å². The van der Waals surface area contributed by atoms with Gasteiger partial charge in [-0.25, -0.2) is 9.79 Å². The molecule has 162 valence electrons. The van der Waals surface area contributed by atoms with Crippen LogP contribution in [0.2, 0.25) is 5.02 Å². The molecule has 0 unspecified atom stereocenters. The number of carbonyl (C=O) groups is 1. The number of rotatable bonds is 2. The summed E-state index contributed by atoms with van der Waals surface area (Å²) in [5, 5.41) is 0.532. The van der Waals surface area contributed by atoms with Gasteiger partial charge in [-0.15, -0.1) is 0 Å². The van der Waals surface area contributed by atoms with Gasteiger partial charge in [-0.2, -0.15) is 0 Å². The van der Waals surface area contributed by atoms with Gasteiger partial charge in [0.25, 0.3) is 0 Å². The van der Waals surface area contributed by atoms with Crippen molar-refractivity contribution < 1.29 is 23.7 Å². The van der Waals surface area contributed by atoms with Crippen LogP contribution in [0.15, 0.2) is 83.5 Å². The molecule has 0 amide bonds. The number of hydrogen-bond acceptors (Lipinski definition) is 6. The quantitative estimate of drug-likeness (QED) is 0.388. The van der Waals surface area contributed by atoms with Gasteiger partial charge in [0.2, 0.25) is 5.90 Å². The zero-order valence-electron chi connectivity index (χ0n) is 17.2. The molecule has 6 nitrogen and oxygen atoms in total. The van der Waals surface area contributed by atoms with E-state index in [1.807, 2.05) is 42.5 Å². The fourth-order valence-electron chi connectivity index (χ4n) is 3.89. The zero-order chi connectivity index (χ0) is 22.4. The Balaban J connectivity index is 1.49. The lowest BCUT2D eigenvalue weighted by atomic mass is 9.97. The first-order valence-electron chi connectivity index (χ1n) is 10.4. The second-order valence-electron chi connectivity index (χ2n) is 7.54. The number of hydrogen-bond donors (Lipinski definition) is 0. The Morgan fingerprint density at radius 2 is 1.64 bits per heavy atom. The summed E-state index contributed by atoms with van der Waals surface area (Å²) >= 11 is 6.10. The van der Waals surface area contributed by atoms with Crippen LogP contribution in [0.5, 0.6) is 17.2 Å². The summed E-state index contributed by atoms with van der Waals surface area (Å²) in [5.74, 6) is 2.20.